The Morgan fingerprint density at radius 3 is 2.62 bits per heavy atom. The second-order valence-corrected chi connectivity index (χ2v) is 5.85. The number of hydrogen-bond acceptors (Lipinski definition) is 4. The predicted octanol–water partition coefficient (Wildman–Crippen LogP) is 2.27. The van der Waals surface area contributed by atoms with Crippen molar-refractivity contribution < 1.29 is 9.47 Å². The Balaban J connectivity index is 1.97. The monoisotopic (exact) mass is 292 g/mol. The van der Waals surface area contributed by atoms with Gasteiger partial charge in [0.2, 0.25) is 0 Å². The number of piperidine rings is 1. The van der Waals surface area contributed by atoms with Crippen molar-refractivity contribution in [2.45, 2.75) is 25.9 Å². The molecule has 0 amide bonds. The quantitative estimate of drug-likeness (QED) is 0.836. The molecule has 1 saturated heterocycles. The van der Waals surface area contributed by atoms with Gasteiger partial charge < -0.3 is 14.8 Å². The summed E-state index contributed by atoms with van der Waals surface area (Å²) >= 11 is 0. The minimum absolute atomic E-state index is 0.726. The van der Waals surface area contributed by atoms with Gasteiger partial charge in [0.05, 0.1) is 7.11 Å². The third-order valence-corrected chi connectivity index (χ3v) is 4.23. The molecule has 118 valence electrons. The predicted molar refractivity (Wildman–Crippen MR) is 85.6 cm³/mol. The van der Waals surface area contributed by atoms with Crippen LogP contribution in [-0.2, 0) is 17.8 Å². The van der Waals surface area contributed by atoms with Crippen LogP contribution in [0.1, 0.15) is 24.0 Å². The van der Waals surface area contributed by atoms with Crippen LogP contribution < -0.4 is 10.1 Å². The summed E-state index contributed by atoms with van der Waals surface area (Å²) in [7, 11) is 5.52. The van der Waals surface area contributed by atoms with Gasteiger partial charge >= 0.3 is 0 Å². The van der Waals surface area contributed by atoms with Crippen LogP contribution in [0.25, 0.3) is 0 Å². The third kappa shape index (κ3) is 4.70. The summed E-state index contributed by atoms with van der Waals surface area (Å²) in [6.07, 6.45) is 2.46. The molecule has 0 aliphatic carbocycles. The number of ether oxygens (including phenoxy) is 2. The van der Waals surface area contributed by atoms with Gasteiger partial charge in [-0.15, -0.1) is 0 Å². The van der Waals surface area contributed by atoms with Crippen molar-refractivity contribution in [1.29, 1.82) is 0 Å². The summed E-state index contributed by atoms with van der Waals surface area (Å²) in [5.74, 6) is 1.72. The van der Waals surface area contributed by atoms with Gasteiger partial charge in [-0.05, 0) is 56.6 Å². The fourth-order valence-corrected chi connectivity index (χ4v) is 3.06. The van der Waals surface area contributed by atoms with Gasteiger partial charge in [-0.2, -0.15) is 0 Å². The molecule has 0 atom stereocenters. The highest BCUT2D eigenvalue weighted by atomic mass is 16.5. The van der Waals surface area contributed by atoms with Crippen molar-refractivity contribution in [3.63, 3.8) is 0 Å². The highest BCUT2D eigenvalue weighted by Crippen LogP contribution is 2.24. The van der Waals surface area contributed by atoms with Crippen LogP contribution in [-0.4, -0.2) is 45.9 Å². The van der Waals surface area contributed by atoms with Gasteiger partial charge in [-0.3, -0.25) is 4.90 Å². The van der Waals surface area contributed by atoms with Crippen LogP contribution in [0.5, 0.6) is 5.75 Å². The number of rotatable bonds is 7. The van der Waals surface area contributed by atoms with Crippen molar-refractivity contribution in [3.8, 4) is 5.75 Å². The average Bonchev–Trinajstić information content (AvgIpc) is 2.50. The molecule has 1 aromatic carbocycles. The standard InChI is InChI=1S/C17H28N2O2/c1-18-11-15-4-5-17(21-3)16(10-15)12-19-8-6-14(7-9-19)13-20-2/h4-5,10,14,18H,6-9,11-13H2,1-3H3. The number of nitrogens with zero attached hydrogens (tertiary/aromatic N) is 1. The SMILES string of the molecule is CNCc1ccc(OC)c(CN2CCC(COC)CC2)c1. The van der Waals surface area contributed by atoms with E-state index < -0.39 is 0 Å². The first-order valence-corrected chi connectivity index (χ1v) is 7.78. The van der Waals surface area contributed by atoms with Crippen LogP contribution in [0.4, 0.5) is 0 Å². The van der Waals surface area contributed by atoms with E-state index in [1.807, 2.05) is 7.05 Å². The number of methoxy groups -OCH3 is 2. The van der Waals surface area contributed by atoms with Crippen LogP contribution in [0.3, 0.4) is 0 Å². The molecule has 0 unspecified atom stereocenters. The summed E-state index contributed by atoms with van der Waals surface area (Å²) in [6, 6.07) is 6.47. The summed E-state index contributed by atoms with van der Waals surface area (Å²) in [6.45, 7) is 5.06. The lowest BCUT2D eigenvalue weighted by atomic mass is 9.97. The fourth-order valence-electron chi connectivity index (χ4n) is 3.06. The first-order valence-electron chi connectivity index (χ1n) is 7.78. The fraction of sp³-hybridized carbons (Fsp3) is 0.647. The molecule has 4 heteroatoms. The summed E-state index contributed by atoms with van der Waals surface area (Å²) < 4.78 is 10.8. The molecule has 0 saturated carbocycles. The minimum atomic E-state index is 0.726. The second-order valence-electron chi connectivity index (χ2n) is 5.85. The van der Waals surface area contributed by atoms with E-state index in [0.29, 0.717) is 0 Å². The number of likely N-dealkylation sites (tertiary alicyclic amines) is 1. The van der Waals surface area contributed by atoms with Crippen molar-refractivity contribution in [2.75, 3.05) is 41.0 Å². The molecule has 1 heterocycles. The zero-order valence-corrected chi connectivity index (χ0v) is 13.5. The Bertz CT molecular complexity index is 429. The maximum atomic E-state index is 5.51. The van der Waals surface area contributed by atoms with Gasteiger partial charge in [0, 0.05) is 32.4 Å². The van der Waals surface area contributed by atoms with E-state index in [9.17, 15) is 0 Å². The maximum absolute atomic E-state index is 5.51. The summed E-state index contributed by atoms with van der Waals surface area (Å²) in [5.41, 5.74) is 2.60. The number of benzene rings is 1. The zero-order valence-electron chi connectivity index (χ0n) is 13.5. The first kappa shape index (κ1) is 16.3. The maximum Gasteiger partial charge on any atom is 0.123 e. The topological polar surface area (TPSA) is 33.7 Å². The molecule has 2 rings (SSSR count). The van der Waals surface area contributed by atoms with Crippen LogP contribution in [0, 0.1) is 5.92 Å². The molecule has 1 fully saturated rings. The van der Waals surface area contributed by atoms with E-state index in [1.165, 1.54) is 24.0 Å². The van der Waals surface area contributed by atoms with E-state index >= 15 is 0 Å². The van der Waals surface area contributed by atoms with Gasteiger partial charge in [0.1, 0.15) is 5.75 Å². The van der Waals surface area contributed by atoms with Gasteiger partial charge in [-0.25, -0.2) is 0 Å². The number of nitrogens with one attached hydrogen (secondary N) is 1. The molecule has 4 nitrogen and oxygen atoms in total. The smallest absolute Gasteiger partial charge is 0.123 e. The van der Waals surface area contributed by atoms with Crippen molar-refractivity contribution in [2.24, 2.45) is 5.92 Å². The van der Waals surface area contributed by atoms with Crippen molar-refractivity contribution >= 4 is 0 Å². The lowest BCUT2D eigenvalue weighted by Crippen LogP contribution is -2.34. The normalized spacial score (nSPS) is 17.1. The van der Waals surface area contributed by atoms with Gasteiger partial charge in [-0.1, -0.05) is 6.07 Å². The Hall–Kier alpha value is -1.10. The molecular formula is C17H28N2O2. The Morgan fingerprint density at radius 2 is 2.00 bits per heavy atom. The van der Waals surface area contributed by atoms with Crippen LogP contribution in [0.15, 0.2) is 18.2 Å². The molecule has 1 aromatic rings. The summed E-state index contributed by atoms with van der Waals surface area (Å²) in [5, 5.41) is 3.20. The molecule has 0 aromatic heterocycles. The summed E-state index contributed by atoms with van der Waals surface area (Å²) in [4.78, 5) is 2.52. The van der Waals surface area contributed by atoms with Crippen molar-refractivity contribution in [1.82, 2.24) is 10.2 Å². The highest BCUT2D eigenvalue weighted by Gasteiger charge is 2.20. The molecule has 0 bridgehead atoms. The molecule has 21 heavy (non-hydrogen) atoms. The van der Waals surface area contributed by atoms with E-state index in [2.05, 4.69) is 28.4 Å². The highest BCUT2D eigenvalue weighted by molar-refractivity contribution is 5.37. The van der Waals surface area contributed by atoms with Crippen LogP contribution >= 0.6 is 0 Å². The Kier molecular flexibility index (Phi) is 6.49. The second kappa shape index (κ2) is 8.37. The average molecular weight is 292 g/mol. The van der Waals surface area contributed by atoms with E-state index in [1.54, 1.807) is 14.2 Å². The first-order chi connectivity index (χ1) is 10.3. The minimum Gasteiger partial charge on any atom is -0.496 e. The lowest BCUT2D eigenvalue weighted by molar-refractivity contribution is 0.0965. The van der Waals surface area contributed by atoms with E-state index in [0.717, 1.165) is 44.5 Å². The molecule has 0 spiro atoms. The zero-order chi connectivity index (χ0) is 15.1. The van der Waals surface area contributed by atoms with E-state index in [4.69, 9.17) is 9.47 Å². The van der Waals surface area contributed by atoms with Crippen molar-refractivity contribution in [3.05, 3.63) is 29.3 Å². The molecule has 0 radical (unpaired) electrons. The van der Waals surface area contributed by atoms with Gasteiger partial charge in [0.25, 0.3) is 0 Å². The lowest BCUT2D eigenvalue weighted by Gasteiger charge is -2.32. The Labute approximate surface area is 128 Å². The number of hydrogen-bond donors (Lipinski definition) is 1. The molecule has 1 aliphatic rings. The van der Waals surface area contributed by atoms with Crippen LogP contribution in [0.2, 0.25) is 0 Å². The molecule has 1 aliphatic heterocycles. The van der Waals surface area contributed by atoms with E-state index in [-0.39, 0.29) is 0 Å². The largest absolute Gasteiger partial charge is 0.496 e. The Morgan fingerprint density at radius 1 is 1.24 bits per heavy atom. The molecule has 1 N–H and O–H groups in total. The third-order valence-electron chi connectivity index (χ3n) is 4.23. The molecular weight excluding hydrogens is 264 g/mol. The van der Waals surface area contributed by atoms with Gasteiger partial charge in [0.15, 0.2) is 0 Å².